The number of piperidine rings is 2. The molecule has 5 fully saturated rings. The summed E-state index contributed by atoms with van der Waals surface area (Å²) in [7, 11) is 13.9. The molecule has 0 saturated carbocycles. The maximum Gasteiger partial charge on any atom is 0.258 e. The van der Waals surface area contributed by atoms with Crippen molar-refractivity contribution in [1.29, 1.82) is 0 Å². The molecule has 15 aromatic heterocycles. The van der Waals surface area contributed by atoms with Crippen LogP contribution in [0.25, 0.3) is 139 Å². The summed E-state index contributed by atoms with van der Waals surface area (Å²) in [5.41, 5.74) is 27.1. The number of anilines is 3. The summed E-state index contributed by atoms with van der Waals surface area (Å²) in [5, 5.41) is 34.5. The van der Waals surface area contributed by atoms with Gasteiger partial charge in [0.2, 0.25) is 0 Å². The van der Waals surface area contributed by atoms with Crippen LogP contribution in [0.3, 0.4) is 0 Å². The van der Waals surface area contributed by atoms with Gasteiger partial charge in [0, 0.05) is 260 Å². The average molecular weight is 1950 g/mol. The molecule has 746 valence electrons. The van der Waals surface area contributed by atoms with Gasteiger partial charge in [-0.2, -0.15) is 25.5 Å². The fraction of sp³-hybridized carbons (Fsp3) is 0.336. The molecule has 2 atom stereocenters. The predicted octanol–water partition coefficient (Wildman–Crippen LogP) is 14.1. The Morgan fingerprint density at radius 2 is 0.699 bits per heavy atom. The monoisotopic (exact) mass is 1950 g/mol. The molecule has 20 aromatic rings. The smallest absolute Gasteiger partial charge is 0.258 e. The Balaban J connectivity index is 0.000000107. The van der Waals surface area contributed by atoms with Gasteiger partial charge in [0.05, 0.1) is 73.1 Å². The number of aromatic nitrogens is 20. The van der Waals surface area contributed by atoms with Gasteiger partial charge in [-0.05, 0) is 275 Å². The minimum absolute atomic E-state index is 0.0354. The van der Waals surface area contributed by atoms with Crippen LogP contribution < -0.4 is 53.1 Å². The zero-order valence-electron chi connectivity index (χ0n) is 85.6. The van der Waals surface area contributed by atoms with Crippen molar-refractivity contribution < 1.29 is 0 Å². The van der Waals surface area contributed by atoms with Gasteiger partial charge in [0.15, 0.2) is 0 Å². The first-order chi connectivity index (χ1) is 70.4. The van der Waals surface area contributed by atoms with Crippen molar-refractivity contribution in [2.24, 2.45) is 35.2 Å². The number of benzene rings is 5. The number of pyridine rings is 5. The number of aryl methyl sites for hydroxylation is 10. The minimum atomic E-state index is -0.0704. The van der Waals surface area contributed by atoms with E-state index < -0.39 is 0 Å². The predicted molar refractivity (Wildman–Crippen MR) is 582 cm³/mol. The second kappa shape index (κ2) is 40.2. The molecule has 33 heteroatoms. The molecule has 25 rings (SSSR count). The van der Waals surface area contributed by atoms with Gasteiger partial charge in [-0.15, -0.1) is 0 Å². The summed E-state index contributed by atoms with van der Waals surface area (Å²) < 4.78 is 17.4. The van der Waals surface area contributed by atoms with Gasteiger partial charge >= 0.3 is 0 Å². The average Bonchev–Trinajstić information content (AvgIpc) is 0.944. The maximum absolute atomic E-state index is 13.0. The fourth-order valence-electron chi connectivity index (χ4n) is 21.5. The molecule has 5 aromatic carbocycles. The first kappa shape index (κ1) is 96.6. The number of nitrogens with one attached hydrogen (secondary N) is 2. The summed E-state index contributed by atoms with van der Waals surface area (Å²) in [5.74, 6) is 1.03. The lowest BCUT2D eigenvalue weighted by Crippen LogP contribution is -2.50. The normalized spacial score (nSPS) is 16.4. The fourth-order valence-corrected chi connectivity index (χ4v) is 21.5. The number of rotatable bonds is 11. The van der Waals surface area contributed by atoms with Crippen molar-refractivity contribution in [2.75, 3.05) is 127 Å². The molecule has 5 aliphatic rings. The topological polar surface area (TPSA) is 304 Å². The third-order valence-electron chi connectivity index (χ3n) is 29.6. The van der Waals surface area contributed by atoms with E-state index in [1.165, 1.54) is 11.1 Å². The number of hydrogen-bond acceptors (Lipinski definition) is 23. The first-order valence-corrected chi connectivity index (χ1v) is 50.6. The largest absolute Gasteiger partial charge is 0.368 e. The van der Waals surface area contributed by atoms with E-state index >= 15 is 0 Å². The number of likely N-dealkylation sites (tertiary alicyclic amines) is 2. The molecular formula is C113H124N28O5. The molecule has 146 heavy (non-hydrogen) atoms. The number of piperazine rings is 3. The molecule has 0 aliphatic carbocycles. The lowest BCUT2D eigenvalue weighted by Gasteiger charge is -2.39. The van der Waals surface area contributed by atoms with E-state index in [2.05, 4.69) is 155 Å². The quantitative estimate of drug-likeness (QED) is 0.122. The zero-order valence-corrected chi connectivity index (χ0v) is 85.6. The van der Waals surface area contributed by atoms with Crippen molar-refractivity contribution in [3.63, 3.8) is 0 Å². The molecule has 5 aliphatic heterocycles. The first-order valence-electron chi connectivity index (χ1n) is 50.6. The van der Waals surface area contributed by atoms with Gasteiger partial charge in [-0.1, -0.05) is 25.1 Å². The highest BCUT2D eigenvalue weighted by molar-refractivity contribution is 5.91. The minimum Gasteiger partial charge on any atom is -0.368 e. The number of likely N-dealkylation sites (N-methyl/N-ethyl adjacent to an activating group) is 1. The third kappa shape index (κ3) is 20.1. The molecule has 0 radical (unpaired) electrons. The third-order valence-corrected chi connectivity index (χ3v) is 29.6. The van der Waals surface area contributed by atoms with Crippen LogP contribution in [0.2, 0.25) is 0 Å². The van der Waals surface area contributed by atoms with Crippen LogP contribution in [0.1, 0.15) is 97.2 Å². The van der Waals surface area contributed by atoms with Gasteiger partial charge in [0.25, 0.3) is 27.8 Å². The Bertz CT molecular complexity index is 8770. The molecule has 2 N–H and O–H groups in total. The van der Waals surface area contributed by atoms with Gasteiger partial charge in [0.1, 0.15) is 28.2 Å². The second-order valence-electron chi connectivity index (χ2n) is 40.4. The van der Waals surface area contributed by atoms with E-state index in [4.69, 9.17) is 24.9 Å². The second-order valence-corrected chi connectivity index (χ2v) is 40.4. The highest BCUT2D eigenvalue weighted by Gasteiger charge is 2.27. The molecule has 0 unspecified atom stereocenters. The Kier molecular flexibility index (Phi) is 26.6. The Labute approximate surface area is 843 Å². The number of hydrogen-bond donors (Lipinski definition) is 2. The SMILES string of the molecule is CCN1CCC(c2ccc3nc(-c4cc(C)c5nn(C)cc5c4)cc(=O)n3c2)CC1.Cc1cc(-c2cc(=O)n3cc(C4CCN(C)CC4)ccc3n2)cc2cn(C)nc12.Cc1cc(-c2cc(=O)n3cc(N4CCN(C)[C@@H](C)C4)ccc3n2)cc2cn(C)nc12.Cc1cc(-c2cc(=O)n3cc(N4CCN[C@@H](C)C4)ccc3n2)cc2cn(C)nc12.Cc1cc(N2CCNCC2)cn2c(=O)cc(-c3ccc4nn(C)cc4c3)nc12. The molecule has 33 nitrogen and oxygen atoms in total. The van der Waals surface area contributed by atoms with E-state index in [0.717, 1.165) is 251 Å². The molecule has 20 heterocycles. The van der Waals surface area contributed by atoms with Gasteiger partial charge in [-0.25, -0.2) is 24.9 Å². The Hall–Kier alpha value is -15.6. The summed E-state index contributed by atoms with van der Waals surface area (Å²) in [6.45, 7) is 31.9. The van der Waals surface area contributed by atoms with Crippen LogP contribution in [0.5, 0.6) is 0 Å². The van der Waals surface area contributed by atoms with Crippen molar-refractivity contribution >= 4 is 99.8 Å². The number of nitrogens with zero attached hydrogens (tertiary/aromatic N) is 26. The summed E-state index contributed by atoms with van der Waals surface area (Å²) in [6, 6.07) is 49.8. The van der Waals surface area contributed by atoms with E-state index in [1.807, 2.05) is 217 Å². The van der Waals surface area contributed by atoms with Crippen molar-refractivity contribution in [3.8, 4) is 56.3 Å². The lowest BCUT2D eigenvalue weighted by atomic mass is 9.90. The molecule has 0 spiro atoms. The van der Waals surface area contributed by atoms with E-state index in [-0.39, 0.29) is 27.8 Å². The van der Waals surface area contributed by atoms with Crippen molar-refractivity contribution in [1.82, 2.24) is 121 Å². The zero-order chi connectivity index (χ0) is 101. The van der Waals surface area contributed by atoms with Gasteiger partial charge < -0.3 is 40.0 Å². The van der Waals surface area contributed by atoms with Gasteiger partial charge in [-0.3, -0.25) is 69.4 Å². The van der Waals surface area contributed by atoms with Crippen LogP contribution >= 0.6 is 0 Å². The Morgan fingerprint density at radius 3 is 1.13 bits per heavy atom. The van der Waals surface area contributed by atoms with E-state index in [9.17, 15) is 24.0 Å². The molecular weight excluding hydrogens is 1830 g/mol. The van der Waals surface area contributed by atoms with Crippen LogP contribution in [0.4, 0.5) is 17.1 Å². The highest BCUT2D eigenvalue weighted by Crippen LogP contribution is 2.36. The molecule has 0 amide bonds. The molecule has 5 saturated heterocycles. The lowest BCUT2D eigenvalue weighted by molar-refractivity contribution is 0.222. The van der Waals surface area contributed by atoms with E-state index in [0.29, 0.717) is 80.6 Å². The summed E-state index contributed by atoms with van der Waals surface area (Å²) in [6.07, 6.45) is 24.2. The van der Waals surface area contributed by atoms with Crippen LogP contribution in [-0.2, 0) is 35.2 Å². The maximum atomic E-state index is 13.0. The van der Waals surface area contributed by atoms with Crippen molar-refractivity contribution in [2.45, 2.75) is 105 Å². The van der Waals surface area contributed by atoms with Crippen LogP contribution in [-0.4, -0.2) is 235 Å². The summed E-state index contributed by atoms with van der Waals surface area (Å²) >= 11 is 0. The van der Waals surface area contributed by atoms with Crippen LogP contribution in [0, 0.1) is 34.6 Å². The standard InChI is InChI=1S/C24H27N5O.C23H26N6O.C23H25N5O.C22H24N6O.C21H22N6O/c1-4-28-9-7-17(8-10-28)18-5-6-22-25-21(13-23(30)29(22)15-18)19-11-16(2)24-20(12-19)14-27(3)26-24;1-15-9-17(10-18-13-27(4)25-23(15)18)20-11-22(30)29-14-19(5-6-21(29)24-20)28-8-7-26(3)16(2)12-28;1-15-10-18(11-19-13-27(3)25-23(15)19)20-12-22(29)28-14-17(4-5-21(28)24-20)16-6-8-26(2)9-7-16;1-14-8-16(9-17-12-26(3)25-22(14)17)19-10-21(29)28-13-18(4-5-20(28)24-19)27-7-6-23-15(2)11-27;1-14-9-17(26-7-5-22-6-8-26)13-27-20(28)11-19(23-21(14)27)15-3-4-18-16(10-15)12-25(2)24-18/h5-6,11-15,17H,4,7-10H2,1-3H3;5-6,9-11,13-14,16H,7-8,12H2,1-4H3;4-5,10-14,16H,6-9H2,1-3H3;4-5,8-10,12-13,15,23H,6-7,11H2,1-3H3;3-4,9-13,22H,5-8H2,1-2H3/t;16-;;15-;/m.0.0./s1. The molecule has 0 bridgehead atoms. The highest BCUT2D eigenvalue weighted by atomic mass is 16.1. The van der Waals surface area contributed by atoms with E-state index in [1.54, 1.807) is 57.0 Å². The van der Waals surface area contributed by atoms with Crippen molar-refractivity contribution in [3.05, 3.63) is 304 Å². The summed E-state index contributed by atoms with van der Waals surface area (Å²) in [4.78, 5) is 103. The van der Waals surface area contributed by atoms with Crippen LogP contribution in [0.15, 0.2) is 238 Å². The Morgan fingerprint density at radius 1 is 0.322 bits per heavy atom. The number of fused-ring (bicyclic) bond motifs is 10.